The Morgan fingerprint density at radius 2 is 2.00 bits per heavy atom. The molecule has 2 rings (SSSR count). The summed E-state index contributed by atoms with van der Waals surface area (Å²) in [5.74, 6) is 0.259. The highest BCUT2D eigenvalue weighted by Crippen LogP contribution is 2.29. The van der Waals surface area contributed by atoms with Gasteiger partial charge in [-0.05, 0) is 14.1 Å². The Balaban J connectivity index is 2.05. The molecule has 1 aliphatic rings. The van der Waals surface area contributed by atoms with E-state index in [9.17, 15) is 4.79 Å². The third-order valence-electron chi connectivity index (χ3n) is 3.35. The van der Waals surface area contributed by atoms with Crippen LogP contribution in [0, 0.1) is 0 Å². The highest BCUT2D eigenvalue weighted by atomic mass is 32.1. The van der Waals surface area contributed by atoms with Crippen LogP contribution in [0.3, 0.4) is 0 Å². The Kier molecular flexibility index (Phi) is 5.38. The molecule has 0 aliphatic carbocycles. The molecule has 1 aliphatic heterocycles. The van der Waals surface area contributed by atoms with Gasteiger partial charge in [-0.1, -0.05) is 11.3 Å². The number of rotatable bonds is 5. The molecule has 21 heavy (non-hydrogen) atoms. The van der Waals surface area contributed by atoms with Crippen molar-refractivity contribution in [3.05, 3.63) is 4.88 Å². The maximum absolute atomic E-state index is 12.4. The van der Waals surface area contributed by atoms with E-state index in [1.165, 1.54) is 11.3 Å². The molecule has 8 heteroatoms. The molecule has 118 valence electrons. The minimum atomic E-state index is -0.0636. The summed E-state index contributed by atoms with van der Waals surface area (Å²) in [6, 6.07) is 0. The normalized spacial score (nSPS) is 15.5. The number of ether oxygens (including phenoxy) is 1. The van der Waals surface area contributed by atoms with E-state index >= 15 is 0 Å². The predicted octanol–water partition coefficient (Wildman–Crippen LogP) is 0.196. The summed E-state index contributed by atoms with van der Waals surface area (Å²) in [7, 11) is 5.76. The van der Waals surface area contributed by atoms with Gasteiger partial charge in [-0.15, -0.1) is 0 Å². The number of morpholine rings is 1. The maximum atomic E-state index is 12.4. The maximum Gasteiger partial charge on any atom is 0.267 e. The first-order valence-electron chi connectivity index (χ1n) is 6.98. The zero-order valence-electron chi connectivity index (χ0n) is 12.8. The lowest BCUT2D eigenvalue weighted by atomic mass is 10.4. The number of nitrogen functional groups attached to an aromatic ring is 1. The average molecular weight is 313 g/mol. The Labute approximate surface area is 129 Å². The summed E-state index contributed by atoms with van der Waals surface area (Å²) in [6.45, 7) is 4.43. The van der Waals surface area contributed by atoms with E-state index in [0.29, 0.717) is 30.5 Å². The van der Waals surface area contributed by atoms with Crippen LogP contribution < -0.4 is 10.6 Å². The highest BCUT2D eigenvalue weighted by molar-refractivity contribution is 7.18. The van der Waals surface area contributed by atoms with E-state index in [4.69, 9.17) is 10.5 Å². The molecule has 1 fully saturated rings. The minimum absolute atomic E-state index is 0.0636. The first kappa shape index (κ1) is 16.0. The van der Waals surface area contributed by atoms with Gasteiger partial charge in [0.25, 0.3) is 5.91 Å². The average Bonchev–Trinajstić information content (AvgIpc) is 2.86. The Morgan fingerprint density at radius 3 is 2.62 bits per heavy atom. The molecule has 2 N–H and O–H groups in total. The molecular weight excluding hydrogens is 290 g/mol. The molecule has 0 radical (unpaired) electrons. The van der Waals surface area contributed by atoms with E-state index in [1.54, 1.807) is 11.9 Å². The predicted molar refractivity (Wildman–Crippen MR) is 85.1 cm³/mol. The second-order valence-electron chi connectivity index (χ2n) is 5.34. The molecule has 0 saturated carbocycles. The first-order chi connectivity index (χ1) is 9.99. The van der Waals surface area contributed by atoms with Crippen LogP contribution in [0.1, 0.15) is 9.67 Å². The van der Waals surface area contributed by atoms with Gasteiger partial charge in [0.15, 0.2) is 5.13 Å². The SMILES string of the molecule is CN(C)CCN(C)C(=O)c1sc(N2CCOCC2)nc1N. The number of likely N-dealkylation sites (N-methyl/N-ethyl adjacent to an activating group) is 2. The second kappa shape index (κ2) is 7.06. The number of carbonyl (C=O) groups excluding carboxylic acids is 1. The van der Waals surface area contributed by atoms with Crippen molar-refractivity contribution in [1.29, 1.82) is 0 Å². The topological polar surface area (TPSA) is 74.9 Å². The number of amides is 1. The van der Waals surface area contributed by atoms with Crippen LogP contribution in [0.2, 0.25) is 0 Å². The Hall–Kier alpha value is -1.38. The van der Waals surface area contributed by atoms with Gasteiger partial charge < -0.3 is 25.2 Å². The van der Waals surface area contributed by atoms with Crippen molar-refractivity contribution in [2.75, 3.05) is 71.2 Å². The van der Waals surface area contributed by atoms with Crippen molar-refractivity contribution in [3.8, 4) is 0 Å². The summed E-state index contributed by atoms with van der Waals surface area (Å²) < 4.78 is 5.32. The van der Waals surface area contributed by atoms with E-state index in [0.717, 1.165) is 24.8 Å². The summed E-state index contributed by atoms with van der Waals surface area (Å²) in [4.78, 5) is 23.1. The van der Waals surface area contributed by atoms with Crippen LogP contribution in [0.15, 0.2) is 0 Å². The van der Waals surface area contributed by atoms with Gasteiger partial charge in [-0.2, -0.15) is 0 Å². The smallest absolute Gasteiger partial charge is 0.267 e. The highest BCUT2D eigenvalue weighted by Gasteiger charge is 2.23. The number of hydrogen-bond acceptors (Lipinski definition) is 7. The fourth-order valence-corrected chi connectivity index (χ4v) is 3.02. The quantitative estimate of drug-likeness (QED) is 0.837. The van der Waals surface area contributed by atoms with Gasteiger partial charge in [0.1, 0.15) is 10.7 Å². The van der Waals surface area contributed by atoms with Crippen LogP contribution >= 0.6 is 11.3 Å². The lowest BCUT2D eigenvalue weighted by Gasteiger charge is -2.25. The number of anilines is 2. The van der Waals surface area contributed by atoms with Crippen LogP contribution in [-0.4, -0.2) is 81.2 Å². The molecule has 0 unspecified atom stereocenters. The molecule has 1 amide bonds. The number of nitrogens with two attached hydrogens (primary N) is 1. The van der Waals surface area contributed by atoms with Gasteiger partial charge in [0.05, 0.1) is 13.2 Å². The molecule has 1 aromatic rings. The molecule has 2 heterocycles. The third-order valence-corrected chi connectivity index (χ3v) is 4.47. The van der Waals surface area contributed by atoms with Crippen LogP contribution in [0.25, 0.3) is 0 Å². The summed E-state index contributed by atoms with van der Waals surface area (Å²) in [5.41, 5.74) is 5.93. The van der Waals surface area contributed by atoms with Crippen LogP contribution in [-0.2, 0) is 4.74 Å². The molecule has 0 bridgehead atoms. The number of aromatic nitrogens is 1. The fourth-order valence-electron chi connectivity index (χ4n) is 1.99. The lowest BCUT2D eigenvalue weighted by molar-refractivity contribution is 0.0792. The first-order valence-corrected chi connectivity index (χ1v) is 7.80. The van der Waals surface area contributed by atoms with E-state index in [1.807, 2.05) is 19.0 Å². The van der Waals surface area contributed by atoms with Crippen molar-refractivity contribution in [3.63, 3.8) is 0 Å². The van der Waals surface area contributed by atoms with E-state index in [-0.39, 0.29) is 5.91 Å². The monoisotopic (exact) mass is 313 g/mol. The van der Waals surface area contributed by atoms with Gasteiger partial charge in [0, 0.05) is 33.2 Å². The number of carbonyl (C=O) groups is 1. The van der Waals surface area contributed by atoms with Crippen molar-refractivity contribution in [1.82, 2.24) is 14.8 Å². The lowest BCUT2D eigenvalue weighted by Crippen LogP contribution is -2.36. The van der Waals surface area contributed by atoms with Gasteiger partial charge in [-0.3, -0.25) is 4.79 Å². The van der Waals surface area contributed by atoms with Crippen molar-refractivity contribution in [2.24, 2.45) is 0 Å². The second-order valence-corrected chi connectivity index (χ2v) is 6.32. The van der Waals surface area contributed by atoms with Gasteiger partial charge >= 0.3 is 0 Å². The molecule has 0 aromatic carbocycles. The van der Waals surface area contributed by atoms with E-state index in [2.05, 4.69) is 9.88 Å². The number of nitrogens with zero attached hydrogens (tertiary/aromatic N) is 4. The van der Waals surface area contributed by atoms with Crippen molar-refractivity contribution >= 4 is 28.2 Å². The van der Waals surface area contributed by atoms with E-state index < -0.39 is 0 Å². The van der Waals surface area contributed by atoms with Gasteiger partial charge in [-0.25, -0.2) is 4.98 Å². The minimum Gasteiger partial charge on any atom is -0.382 e. The molecule has 1 aromatic heterocycles. The molecule has 7 nitrogen and oxygen atoms in total. The van der Waals surface area contributed by atoms with Gasteiger partial charge in [0.2, 0.25) is 0 Å². The number of thiazole rings is 1. The fraction of sp³-hybridized carbons (Fsp3) is 0.692. The molecule has 1 saturated heterocycles. The molecular formula is C13H23N5O2S. The standard InChI is InChI=1S/C13H23N5O2S/c1-16(2)4-5-17(3)12(19)10-11(14)15-13(21-10)18-6-8-20-9-7-18/h4-9,14H2,1-3H3. The summed E-state index contributed by atoms with van der Waals surface area (Å²) in [6.07, 6.45) is 0. The van der Waals surface area contributed by atoms with Crippen molar-refractivity contribution in [2.45, 2.75) is 0 Å². The molecule has 0 atom stereocenters. The zero-order valence-corrected chi connectivity index (χ0v) is 13.7. The van der Waals surface area contributed by atoms with Crippen LogP contribution in [0.4, 0.5) is 10.9 Å². The third kappa shape index (κ3) is 4.05. The molecule has 0 spiro atoms. The Morgan fingerprint density at radius 1 is 1.33 bits per heavy atom. The summed E-state index contributed by atoms with van der Waals surface area (Å²) in [5, 5.41) is 0.806. The summed E-state index contributed by atoms with van der Waals surface area (Å²) >= 11 is 1.37. The largest absolute Gasteiger partial charge is 0.382 e. The zero-order chi connectivity index (χ0) is 15.4. The van der Waals surface area contributed by atoms with Crippen LogP contribution in [0.5, 0.6) is 0 Å². The Bertz CT molecular complexity index is 485. The van der Waals surface area contributed by atoms with Crippen molar-refractivity contribution < 1.29 is 9.53 Å². The number of hydrogen-bond donors (Lipinski definition) is 1.